The fourth-order valence-electron chi connectivity index (χ4n) is 2.91. The number of thioether (sulfide) groups is 1. The van der Waals surface area contributed by atoms with Crippen molar-refractivity contribution in [3.63, 3.8) is 0 Å². The highest BCUT2D eigenvalue weighted by Gasteiger charge is 2.31. The maximum absolute atomic E-state index is 12.9. The standard InChI is InChI=1S/C22H22ClN3O4S/c1-6-13-7-14-8-15(9-17(23)19(14)24-11-13)29-21(31-5)20(27)25-22(2,3)18-10-16(12-28-4)30-26-18/h1,7-11,21H,12H2,2-5H3,(H,25,27). The fraction of sp³-hybridized carbons (Fsp3) is 0.318. The van der Waals surface area contributed by atoms with Crippen LogP contribution in [0.4, 0.5) is 0 Å². The third-order valence-electron chi connectivity index (χ3n) is 4.47. The van der Waals surface area contributed by atoms with Crippen LogP contribution in [0.3, 0.4) is 0 Å². The fourth-order valence-corrected chi connectivity index (χ4v) is 3.65. The van der Waals surface area contributed by atoms with Crippen molar-refractivity contribution in [3.8, 4) is 18.1 Å². The Morgan fingerprint density at radius 3 is 2.84 bits per heavy atom. The van der Waals surface area contributed by atoms with E-state index in [4.69, 9.17) is 32.0 Å². The molecule has 1 N–H and O–H groups in total. The molecule has 1 amide bonds. The Bertz CT molecular complexity index is 1140. The highest BCUT2D eigenvalue weighted by atomic mass is 35.5. The van der Waals surface area contributed by atoms with Crippen LogP contribution in [0, 0.1) is 12.3 Å². The first-order valence-electron chi connectivity index (χ1n) is 9.29. The first kappa shape index (κ1) is 22.9. The molecule has 1 aromatic carbocycles. The van der Waals surface area contributed by atoms with Gasteiger partial charge in [0.25, 0.3) is 5.91 Å². The number of carbonyl (C=O) groups is 1. The van der Waals surface area contributed by atoms with Gasteiger partial charge in [0.2, 0.25) is 5.44 Å². The predicted molar refractivity (Wildman–Crippen MR) is 121 cm³/mol. The second-order valence-electron chi connectivity index (χ2n) is 7.26. The Labute approximate surface area is 189 Å². The molecule has 0 aliphatic carbocycles. The molecule has 31 heavy (non-hydrogen) atoms. The molecule has 0 saturated heterocycles. The zero-order valence-corrected chi connectivity index (χ0v) is 19.1. The second kappa shape index (κ2) is 9.60. The first-order chi connectivity index (χ1) is 14.8. The predicted octanol–water partition coefficient (Wildman–Crippen LogP) is 4.12. The molecular weight excluding hydrogens is 438 g/mol. The summed E-state index contributed by atoms with van der Waals surface area (Å²) in [6.45, 7) is 3.96. The Kier molecular flexibility index (Phi) is 7.11. The Morgan fingerprint density at radius 2 is 2.16 bits per heavy atom. The first-order valence-corrected chi connectivity index (χ1v) is 11.0. The van der Waals surface area contributed by atoms with Gasteiger partial charge in [0.05, 0.1) is 16.1 Å². The highest BCUT2D eigenvalue weighted by Crippen LogP contribution is 2.30. The number of aromatic nitrogens is 2. The van der Waals surface area contributed by atoms with Crippen LogP contribution in [0.25, 0.3) is 10.9 Å². The van der Waals surface area contributed by atoms with Crippen LogP contribution in [0.2, 0.25) is 5.02 Å². The lowest BCUT2D eigenvalue weighted by atomic mass is 10.0. The van der Waals surface area contributed by atoms with Crippen LogP contribution in [0.15, 0.2) is 35.0 Å². The van der Waals surface area contributed by atoms with Crippen molar-refractivity contribution < 1.29 is 18.8 Å². The summed E-state index contributed by atoms with van der Waals surface area (Å²) in [5.41, 5.74) is 0.215. The lowest BCUT2D eigenvalue weighted by Crippen LogP contribution is -2.46. The number of rotatable bonds is 8. The lowest BCUT2D eigenvalue weighted by molar-refractivity contribution is -0.126. The van der Waals surface area contributed by atoms with Gasteiger partial charge in [-0.3, -0.25) is 9.78 Å². The van der Waals surface area contributed by atoms with Gasteiger partial charge >= 0.3 is 0 Å². The molecule has 0 bridgehead atoms. The van der Waals surface area contributed by atoms with E-state index in [0.29, 0.717) is 39.9 Å². The molecule has 0 aliphatic heterocycles. The van der Waals surface area contributed by atoms with Crippen LogP contribution in [0.5, 0.6) is 5.75 Å². The van der Waals surface area contributed by atoms with Gasteiger partial charge in [-0.15, -0.1) is 18.2 Å². The van der Waals surface area contributed by atoms with Crippen molar-refractivity contribution >= 4 is 40.2 Å². The largest absolute Gasteiger partial charge is 0.470 e. The summed E-state index contributed by atoms with van der Waals surface area (Å²) in [7, 11) is 1.57. The van der Waals surface area contributed by atoms with Gasteiger partial charge in [-0.05, 0) is 32.2 Å². The quantitative estimate of drug-likeness (QED) is 0.400. The van der Waals surface area contributed by atoms with E-state index in [1.165, 1.54) is 11.8 Å². The average Bonchev–Trinajstić information content (AvgIpc) is 3.21. The van der Waals surface area contributed by atoms with Gasteiger partial charge in [-0.1, -0.05) is 22.7 Å². The number of hydrogen-bond donors (Lipinski definition) is 1. The van der Waals surface area contributed by atoms with E-state index in [1.807, 2.05) is 13.8 Å². The van der Waals surface area contributed by atoms with Gasteiger partial charge in [0, 0.05) is 36.4 Å². The minimum atomic E-state index is -0.818. The number of benzene rings is 1. The molecule has 1 unspecified atom stereocenters. The number of methoxy groups -OCH3 is 1. The van der Waals surface area contributed by atoms with E-state index in [0.717, 1.165) is 5.39 Å². The molecule has 162 valence electrons. The van der Waals surface area contributed by atoms with Crippen molar-refractivity contribution in [1.29, 1.82) is 0 Å². The molecule has 0 spiro atoms. The van der Waals surface area contributed by atoms with Crippen molar-refractivity contribution in [2.24, 2.45) is 0 Å². The minimum Gasteiger partial charge on any atom is -0.470 e. The molecule has 0 fully saturated rings. The third kappa shape index (κ3) is 5.31. The summed E-state index contributed by atoms with van der Waals surface area (Å²) in [6.07, 6.45) is 8.82. The Balaban J connectivity index is 1.78. The summed E-state index contributed by atoms with van der Waals surface area (Å²) in [6, 6.07) is 6.92. The number of carbonyl (C=O) groups excluding carboxylic acids is 1. The number of halogens is 1. The van der Waals surface area contributed by atoms with E-state index < -0.39 is 11.0 Å². The SMILES string of the molecule is C#Cc1cnc2c(Cl)cc(OC(SC)C(=O)NC(C)(C)c3cc(COC)on3)cc2c1. The number of amides is 1. The molecule has 7 nitrogen and oxygen atoms in total. The number of fused-ring (bicyclic) bond motifs is 1. The van der Waals surface area contributed by atoms with E-state index in [1.54, 1.807) is 43.8 Å². The van der Waals surface area contributed by atoms with E-state index in [-0.39, 0.29) is 5.91 Å². The topological polar surface area (TPSA) is 86.5 Å². The summed E-state index contributed by atoms with van der Waals surface area (Å²) in [4.78, 5) is 17.2. The molecule has 3 rings (SSSR count). The number of terminal acetylenes is 1. The molecule has 0 saturated carbocycles. The average molecular weight is 460 g/mol. The molecule has 9 heteroatoms. The van der Waals surface area contributed by atoms with Gasteiger partial charge < -0.3 is 19.3 Å². The van der Waals surface area contributed by atoms with Crippen LogP contribution in [-0.2, 0) is 21.7 Å². The van der Waals surface area contributed by atoms with Crippen LogP contribution >= 0.6 is 23.4 Å². The molecule has 2 aromatic heterocycles. The number of pyridine rings is 1. The normalized spacial score (nSPS) is 12.4. The molecule has 1 atom stereocenters. The maximum Gasteiger partial charge on any atom is 0.272 e. The van der Waals surface area contributed by atoms with Gasteiger partial charge in [-0.2, -0.15) is 0 Å². The van der Waals surface area contributed by atoms with Crippen molar-refractivity contribution in [2.75, 3.05) is 13.4 Å². The number of nitrogens with one attached hydrogen (secondary N) is 1. The number of nitrogens with zero attached hydrogens (tertiary/aromatic N) is 2. The van der Waals surface area contributed by atoms with Crippen LogP contribution in [-0.4, -0.2) is 34.8 Å². The molecule has 0 aliphatic rings. The minimum absolute atomic E-state index is 0.298. The van der Waals surface area contributed by atoms with E-state index in [9.17, 15) is 4.79 Å². The lowest BCUT2D eigenvalue weighted by Gasteiger charge is -2.26. The molecule has 3 aromatic rings. The van der Waals surface area contributed by atoms with Crippen LogP contribution in [0.1, 0.15) is 30.9 Å². The van der Waals surface area contributed by atoms with Crippen molar-refractivity contribution in [1.82, 2.24) is 15.5 Å². The third-order valence-corrected chi connectivity index (χ3v) is 5.50. The van der Waals surface area contributed by atoms with E-state index >= 15 is 0 Å². The van der Waals surface area contributed by atoms with Gasteiger partial charge in [0.1, 0.15) is 18.1 Å². The second-order valence-corrected chi connectivity index (χ2v) is 8.56. The highest BCUT2D eigenvalue weighted by molar-refractivity contribution is 7.99. The summed E-state index contributed by atoms with van der Waals surface area (Å²) in [5.74, 6) is 3.23. The van der Waals surface area contributed by atoms with Crippen molar-refractivity contribution in [2.45, 2.75) is 31.4 Å². The Hall–Kier alpha value is -2.73. The number of hydrogen-bond acceptors (Lipinski definition) is 7. The zero-order valence-electron chi connectivity index (χ0n) is 17.6. The molecular formula is C22H22ClN3O4S. The van der Waals surface area contributed by atoms with Crippen LogP contribution < -0.4 is 10.1 Å². The smallest absolute Gasteiger partial charge is 0.272 e. The summed E-state index contributed by atoms with van der Waals surface area (Å²) in [5, 5.41) is 8.12. The maximum atomic E-state index is 12.9. The summed E-state index contributed by atoms with van der Waals surface area (Å²) < 4.78 is 16.2. The van der Waals surface area contributed by atoms with Gasteiger partial charge in [-0.25, -0.2) is 0 Å². The Morgan fingerprint density at radius 1 is 1.39 bits per heavy atom. The zero-order chi connectivity index (χ0) is 22.6. The number of ether oxygens (including phenoxy) is 2. The monoisotopic (exact) mass is 459 g/mol. The molecule has 0 radical (unpaired) electrons. The summed E-state index contributed by atoms with van der Waals surface area (Å²) >= 11 is 7.60. The van der Waals surface area contributed by atoms with Gasteiger partial charge in [0.15, 0.2) is 5.76 Å². The van der Waals surface area contributed by atoms with Crippen molar-refractivity contribution in [3.05, 3.63) is 52.5 Å². The van der Waals surface area contributed by atoms with E-state index in [2.05, 4.69) is 21.4 Å². The molecule has 2 heterocycles.